The van der Waals surface area contributed by atoms with Gasteiger partial charge in [-0.05, 0) is 0 Å². The fourth-order valence-electron chi connectivity index (χ4n) is 0.292. The van der Waals surface area contributed by atoms with Crippen LogP contribution in [0, 0.1) is 0 Å². The minimum absolute atomic E-state index is 0.0519. The van der Waals surface area contributed by atoms with Crippen molar-refractivity contribution in [3.8, 4) is 0 Å². The Bertz CT molecular complexity index is 67.1. The summed E-state index contributed by atoms with van der Waals surface area (Å²) in [4.78, 5) is 0. The zero-order valence-corrected chi connectivity index (χ0v) is 4.54. The van der Waals surface area contributed by atoms with E-state index in [-0.39, 0.29) is 13.0 Å². The highest BCUT2D eigenvalue weighted by Crippen LogP contribution is 1.81. The van der Waals surface area contributed by atoms with Crippen LogP contribution in [0.2, 0.25) is 0 Å². The highest BCUT2D eigenvalue weighted by atomic mass is 16.3. The topological polar surface area (TPSA) is 64.9 Å². The lowest BCUT2D eigenvalue weighted by Crippen LogP contribution is -2.24. The molecule has 0 radical (unpaired) electrons. The van der Waals surface area contributed by atoms with E-state index in [1.807, 2.05) is 0 Å². The highest BCUT2D eigenvalue weighted by molar-refractivity contribution is 5.22. The summed E-state index contributed by atoms with van der Waals surface area (Å²) in [5.41, 5.74) is 2.26. The number of nitrogens with one attached hydrogen (secondary N) is 1. The average molecular weight is 118 g/mol. The van der Waals surface area contributed by atoms with Crippen molar-refractivity contribution in [2.24, 2.45) is 5.10 Å². The summed E-state index contributed by atoms with van der Waals surface area (Å²) in [7, 11) is 0. The van der Waals surface area contributed by atoms with E-state index in [4.69, 9.17) is 10.2 Å². The largest absolute Gasteiger partial charge is 0.396 e. The Kier molecular flexibility index (Phi) is 4.20. The van der Waals surface area contributed by atoms with Gasteiger partial charge in [-0.3, -0.25) is 5.43 Å². The number of rotatable bonds is 4. The number of aliphatic hydroxyl groups excluding tert-OH is 2. The van der Waals surface area contributed by atoms with Gasteiger partial charge in [0.15, 0.2) is 0 Å². The second-order valence-corrected chi connectivity index (χ2v) is 1.32. The van der Waals surface area contributed by atoms with Crippen molar-refractivity contribution in [2.75, 3.05) is 6.61 Å². The molecule has 0 spiro atoms. The molecule has 1 atom stereocenters. The first-order valence-corrected chi connectivity index (χ1v) is 2.31. The van der Waals surface area contributed by atoms with Crippen molar-refractivity contribution in [3.05, 3.63) is 0 Å². The van der Waals surface area contributed by atoms with E-state index in [1.54, 1.807) is 0 Å². The third-order valence-corrected chi connectivity index (χ3v) is 0.643. The maximum Gasteiger partial charge on any atom is 0.141 e. The van der Waals surface area contributed by atoms with Crippen LogP contribution in [-0.4, -0.2) is 29.8 Å². The molecule has 0 aliphatic rings. The lowest BCUT2D eigenvalue weighted by Gasteiger charge is -2.05. The van der Waals surface area contributed by atoms with Crippen LogP contribution in [0.3, 0.4) is 0 Å². The van der Waals surface area contributed by atoms with E-state index in [0.29, 0.717) is 0 Å². The summed E-state index contributed by atoms with van der Waals surface area (Å²) in [6.07, 6.45) is -0.489. The van der Waals surface area contributed by atoms with Gasteiger partial charge in [0.2, 0.25) is 0 Å². The van der Waals surface area contributed by atoms with Crippen molar-refractivity contribution in [1.29, 1.82) is 0 Å². The summed E-state index contributed by atoms with van der Waals surface area (Å²) < 4.78 is 0. The van der Waals surface area contributed by atoms with Gasteiger partial charge < -0.3 is 10.2 Å². The van der Waals surface area contributed by atoms with E-state index in [1.165, 1.54) is 0 Å². The SMILES string of the molecule is C=NNC(O)CCO. The zero-order valence-electron chi connectivity index (χ0n) is 4.54. The summed E-state index contributed by atoms with van der Waals surface area (Å²) in [6, 6.07) is 0. The molecule has 0 fully saturated rings. The molecule has 0 aliphatic carbocycles. The van der Waals surface area contributed by atoms with Crippen LogP contribution in [0.25, 0.3) is 0 Å². The lowest BCUT2D eigenvalue weighted by atomic mass is 10.4. The van der Waals surface area contributed by atoms with Gasteiger partial charge in [0.1, 0.15) is 6.23 Å². The summed E-state index contributed by atoms with van der Waals surface area (Å²) in [6.45, 7) is 3.03. The molecular weight excluding hydrogens is 108 g/mol. The second kappa shape index (κ2) is 4.55. The third-order valence-electron chi connectivity index (χ3n) is 0.643. The van der Waals surface area contributed by atoms with E-state index in [0.717, 1.165) is 0 Å². The molecule has 4 heteroatoms. The van der Waals surface area contributed by atoms with Gasteiger partial charge in [0, 0.05) is 19.7 Å². The summed E-state index contributed by atoms with van der Waals surface area (Å²) in [5, 5.41) is 20.0. The smallest absolute Gasteiger partial charge is 0.141 e. The van der Waals surface area contributed by atoms with Gasteiger partial charge in [0.05, 0.1) is 0 Å². The molecule has 4 nitrogen and oxygen atoms in total. The normalized spacial score (nSPS) is 12.8. The van der Waals surface area contributed by atoms with Crippen LogP contribution < -0.4 is 5.43 Å². The lowest BCUT2D eigenvalue weighted by molar-refractivity contribution is 0.104. The first-order chi connectivity index (χ1) is 3.81. The van der Waals surface area contributed by atoms with Crippen LogP contribution >= 0.6 is 0 Å². The molecule has 48 valence electrons. The fraction of sp³-hybridized carbons (Fsp3) is 0.750. The predicted molar refractivity (Wildman–Crippen MR) is 30.4 cm³/mol. The molecule has 0 heterocycles. The van der Waals surface area contributed by atoms with Crippen molar-refractivity contribution in [3.63, 3.8) is 0 Å². The van der Waals surface area contributed by atoms with E-state index in [9.17, 15) is 0 Å². The van der Waals surface area contributed by atoms with Crippen LogP contribution in [0.5, 0.6) is 0 Å². The monoisotopic (exact) mass is 118 g/mol. The molecule has 0 aliphatic heterocycles. The molecule has 0 rings (SSSR count). The van der Waals surface area contributed by atoms with Gasteiger partial charge >= 0.3 is 0 Å². The molecule has 0 aromatic carbocycles. The second-order valence-electron chi connectivity index (χ2n) is 1.32. The molecule has 0 saturated carbocycles. The molecular formula is C4H10N2O2. The molecule has 3 N–H and O–H groups in total. The van der Waals surface area contributed by atoms with Crippen molar-refractivity contribution >= 4 is 6.72 Å². The quantitative estimate of drug-likeness (QED) is 0.249. The predicted octanol–water partition coefficient (Wildman–Crippen LogP) is -1.11. The Hall–Kier alpha value is -0.610. The molecule has 0 saturated heterocycles. The van der Waals surface area contributed by atoms with Gasteiger partial charge in [0.25, 0.3) is 0 Å². The van der Waals surface area contributed by atoms with Gasteiger partial charge in [-0.15, -0.1) is 0 Å². The number of hydrazone groups is 1. The van der Waals surface area contributed by atoms with Crippen molar-refractivity contribution in [2.45, 2.75) is 12.6 Å². The van der Waals surface area contributed by atoms with Gasteiger partial charge in [-0.2, -0.15) is 5.10 Å². The number of nitrogens with zero attached hydrogens (tertiary/aromatic N) is 1. The molecule has 0 aromatic heterocycles. The standard InChI is InChI=1S/C4H10N2O2/c1-5-6-4(8)2-3-7/h4,6-8H,1-3H2. The van der Waals surface area contributed by atoms with E-state index >= 15 is 0 Å². The maximum atomic E-state index is 8.64. The molecule has 0 bridgehead atoms. The zero-order chi connectivity index (χ0) is 6.41. The molecule has 0 aromatic rings. The van der Waals surface area contributed by atoms with Crippen molar-refractivity contribution < 1.29 is 10.2 Å². The summed E-state index contributed by atoms with van der Waals surface area (Å²) >= 11 is 0. The fourth-order valence-corrected chi connectivity index (χ4v) is 0.292. The van der Waals surface area contributed by atoms with E-state index < -0.39 is 6.23 Å². The van der Waals surface area contributed by atoms with Crippen LogP contribution in [-0.2, 0) is 0 Å². The third kappa shape index (κ3) is 3.58. The molecule has 0 amide bonds. The van der Waals surface area contributed by atoms with Gasteiger partial charge in [-0.1, -0.05) is 0 Å². The molecule has 8 heavy (non-hydrogen) atoms. The molecule has 1 unspecified atom stereocenters. The maximum absolute atomic E-state index is 8.64. The number of hydrogen-bond acceptors (Lipinski definition) is 4. The Morgan fingerprint density at radius 2 is 2.38 bits per heavy atom. The average Bonchev–Trinajstić information content (AvgIpc) is 1.68. The Morgan fingerprint density at radius 1 is 1.75 bits per heavy atom. The van der Waals surface area contributed by atoms with Crippen LogP contribution in [0.4, 0.5) is 0 Å². The van der Waals surface area contributed by atoms with Crippen LogP contribution in [0.1, 0.15) is 6.42 Å². The highest BCUT2D eigenvalue weighted by Gasteiger charge is 1.96. The Balaban J connectivity index is 3.03. The minimum atomic E-state index is -0.766. The first-order valence-electron chi connectivity index (χ1n) is 2.31. The minimum Gasteiger partial charge on any atom is -0.396 e. The van der Waals surface area contributed by atoms with Crippen LogP contribution in [0.15, 0.2) is 5.10 Å². The first kappa shape index (κ1) is 7.39. The van der Waals surface area contributed by atoms with E-state index in [2.05, 4.69) is 17.2 Å². The van der Waals surface area contributed by atoms with Gasteiger partial charge in [-0.25, -0.2) is 0 Å². The Labute approximate surface area is 47.8 Å². The Morgan fingerprint density at radius 3 is 2.75 bits per heavy atom. The van der Waals surface area contributed by atoms with Crippen molar-refractivity contribution in [1.82, 2.24) is 5.43 Å². The number of hydrogen-bond donors (Lipinski definition) is 3. The summed E-state index contributed by atoms with van der Waals surface area (Å²) in [5.74, 6) is 0. The number of aliphatic hydroxyl groups is 2.